The Hall–Kier alpha value is -3.14. The molecular formula is C17H18N4O5S. The topological polar surface area (TPSA) is 136 Å². The van der Waals surface area contributed by atoms with Gasteiger partial charge in [0.1, 0.15) is 11.7 Å². The molecule has 0 unspecified atom stereocenters. The Morgan fingerprint density at radius 1 is 1.22 bits per heavy atom. The number of carbonyl (C=O) groups excluding carboxylic acids is 1. The Morgan fingerprint density at radius 2 is 1.93 bits per heavy atom. The number of rotatable bonds is 6. The number of amides is 1. The van der Waals surface area contributed by atoms with E-state index in [9.17, 15) is 23.3 Å². The number of para-hydroxylation sites is 1. The Kier molecular flexibility index (Phi) is 5.00. The molecule has 1 aliphatic rings. The van der Waals surface area contributed by atoms with Gasteiger partial charge >= 0.3 is 0 Å². The van der Waals surface area contributed by atoms with Crippen molar-refractivity contribution in [1.82, 2.24) is 0 Å². The maximum atomic E-state index is 12.6. The van der Waals surface area contributed by atoms with Crippen LogP contribution in [0.5, 0.6) is 0 Å². The van der Waals surface area contributed by atoms with Crippen LogP contribution in [-0.4, -0.2) is 31.8 Å². The third-order valence-corrected chi connectivity index (χ3v) is 5.75. The number of nitrogens with one attached hydrogen (secondary N) is 1. The van der Waals surface area contributed by atoms with E-state index in [0.29, 0.717) is 25.1 Å². The van der Waals surface area contributed by atoms with Gasteiger partial charge in [0.2, 0.25) is 5.91 Å². The van der Waals surface area contributed by atoms with E-state index < -0.39 is 26.9 Å². The van der Waals surface area contributed by atoms with Crippen molar-refractivity contribution in [3.63, 3.8) is 0 Å². The van der Waals surface area contributed by atoms with Crippen LogP contribution in [-0.2, 0) is 14.8 Å². The molecule has 2 aromatic rings. The molecule has 1 saturated heterocycles. The van der Waals surface area contributed by atoms with E-state index in [-0.39, 0.29) is 16.3 Å². The first kappa shape index (κ1) is 18.6. The number of anilines is 2. The van der Waals surface area contributed by atoms with Crippen LogP contribution < -0.4 is 15.4 Å². The molecule has 142 valence electrons. The molecule has 9 nitrogen and oxygen atoms in total. The molecule has 0 bridgehead atoms. The molecule has 1 heterocycles. The molecule has 3 rings (SSSR count). The highest BCUT2D eigenvalue weighted by atomic mass is 32.2. The normalized spacial score (nSPS) is 16.9. The van der Waals surface area contributed by atoms with E-state index in [0.717, 1.165) is 6.07 Å². The van der Waals surface area contributed by atoms with Gasteiger partial charge in [-0.2, -0.15) is 0 Å². The highest BCUT2D eigenvalue weighted by molar-refractivity contribution is 7.92. The van der Waals surface area contributed by atoms with E-state index in [2.05, 4.69) is 4.72 Å². The summed E-state index contributed by atoms with van der Waals surface area (Å²) in [6.07, 6.45) is 1.17. The van der Waals surface area contributed by atoms with Crippen LogP contribution in [0, 0.1) is 10.1 Å². The van der Waals surface area contributed by atoms with Crippen molar-refractivity contribution in [3.05, 3.63) is 58.6 Å². The van der Waals surface area contributed by atoms with E-state index in [1.165, 1.54) is 12.1 Å². The van der Waals surface area contributed by atoms with Crippen molar-refractivity contribution in [2.24, 2.45) is 5.73 Å². The fraction of sp³-hybridized carbons (Fsp3) is 0.235. The Balaban J connectivity index is 1.99. The molecule has 0 spiro atoms. The molecule has 1 atom stereocenters. The van der Waals surface area contributed by atoms with Crippen molar-refractivity contribution in [2.75, 3.05) is 16.2 Å². The highest BCUT2D eigenvalue weighted by Gasteiger charge is 2.34. The molecule has 0 aliphatic carbocycles. The van der Waals surface area contributed by atoms with Gasteiger partial charge in [0, 0.05) is 18.3 Å². The lowest BCUT2D eigenvalue weighted by Crippen LogP contribution is -2.40. The summed E-state index contributed by atoms with van der Waals surface area (Å²) in [5.41, 5.74) is 5.52. The number of nitro groups is 1. The first-order chi connectivity index (χ1) is 12.8. The van der Waals surface area contributed by atoms with Gasteiger partial charge < -0.3 is 10.6 Å². The molecule has 0 radical (unpaired) electrons. The van der Waals surface area contributed by atoms with Crippen LogP contribution in [0.4, 0.5) is 17.1 Å². The Bertz CT molecular complexity index is 978. The summed E-state index contributed by atoms with van der Waals surface area (Å²) in [7, 11) is -4.00. The van der Waals surface area contributed by atoms with Gasteiger partial charge in [-0.05, 0) is 37.1 Å². The number of hydrogen-bond donors (Lipinski definition) is 2. The number of primary amides is 1. The van der Waals surface area contributed by atoms with Crippen molar-refractivity contribution < 1.29 is 18.1 Å². The van der Waals surface area contributed by atoms with E-state index in [4.69, 9.17) is 5.73 Å². The second-order valence-electron chi connectivity index (χ2n) is 6.13. The maximum Gasteiger partial charge on any atom is 0.293 e. The lowest BCUT2D eigenvalue weighted by atomic mass is 10.2. The SMILES string of the molecule is NC(=O)[C@@H]1CCCN1c1ccc(S(=O)(=O)Nc2ccccc2)cc1[N+](=O)[O-]. The first-order valence-electron chi connectivity index (χ1n) is 8.22. The minimum atomic E-state index is -4.00. The maximum absolute atomic E-state index is 12.6. The van der Waals surface area contributed by atoms with Gasteiger partial charge in [-0.3, -0.25) is 19.6 Å². The summed E-state index contributed by atoms with van der Waals surface area (Å²) in [5.74, 6) is -0.566. The minimum absolute atomic E-state index is 0.181. The largest absolute Gasteiger partial charge is 0.368 e. The number of hydrogen-bond acceptors (Lipinski definition) is 6. The fourth-order valence-electron chi connectivity index (χ4n) is 3.13. The molecular weight excluding hydrogens is 372 g/mol. The number of nitro benzene ring substituents is 1. The molecule has 3 N–H and O–H groups in total. The first-order valence-corrected chi connectivity index (χ1v) is 9.70. The van der Waals surface area contributed by atoms with Gasteiger partial charge in [-0.25, -0.2) is 8.42 Å². The summed E-state index contributed by atoms with van der Waals surface area (Å²) in [5, 5.41) is 11.5. The highest BCUT2D eigenvalue weighted by Crippen LogP contribution is 2.35. The monoisotopic (exact) mass is 390 g/mol. The molecule has 10 heteroatoms. The van der Waals surface area contributed by atoms with Crippen LogP contribution in [0.1, 0.15) is 12.8 Å². The van der Waals surface area contributed by atoms with Crippen molar-refractivity contribution in [2.45, 2.75) is 23.8 Å². The number of sulfonamides is 1. The van der Waals surface area contributed by atoms with Crippen molar-refractivity contribution in [3.8, 4) is 0 Å². The van der Waals surface area contributed by atoms with Crippen LogP contribution in [0.15, 0.2) is 53.4 Å². The molecule has 0 saturated carbocycles. The lowest BCUT2D eigenvalue weighted by Gasteiger charge is -2.24. The fourth-order valence-corrected chi connectivity index (χ4v) is 4.21. The average Bonchev–Trinajstić information content (AvgIpc) is 3.11. The van der Waals surface area contributed by atoms with Gasteiger partial charge in [0.05, 0.1) is 9.82 Å². The number of benzene rings is 2. The van der Waals surface area contributed by atoms with Crippen LogP contribution in [0.25, 0.3) is 0 Å². The second-order valence-corrected chi connectivity index (χ2v) is 7.82. The predicted molar refractivity (Wildman–Crippen MR) is 99.9 cm³/mol. The molecule has 0 aromatic heterocycles. The molecule has 1 amide bonds. The summed E-state index contributed by atoms with van der Waals surface area (Å²) in [4.78, 5) is 23.8. The summed E-state index contributed by atoms with van der Waals surface area (Å²) < 4.78 is 27.5. The zero-order chi connectivity index (χ0) is 19.6. The zero-order valence-corrected chi connectivity index (χ0v) is 15.1. The van der Waals surface area contributed by atoms with Gasteiger partial charge in [-0.1, -0.05) is 18.2 Å². The molecule has 1 aliphatic heterocycles. The summed E-state index contributed by atoms with van der Waals surface area (Å²) >= 11 is 0. The van der Waals surface area contributed by atoms with Crippen LogP contribution >= 0.6 is 0 Å². The van der Waals surface area contributed by atoms with Crippen LogP contribution in [0.3, 0.4) is 0 Å². The third kappa shape index (κ3) is 3.85. The van der Waals surface area contributed by atoms with E-state index in [1.54, 1.807) is 35.2 Å². The number of nitrogens with zero attached hydrogens (tertiary/aromatic N) is 2. The van der Waals surface area contributed by atoms with Crippen molar-refractivity contribution in [1.29, 1.82) is 0 Å². The molecule has 2 aromatic carbocycles. The third-order valence-electron chi connectivity index (χ3n) is 4.37. The average molecular weight is 390 g/mol. The van der Waals surface area contributed by atoms with Gasteiger partial charge in [-0.15, -0.1) is 0 Å². The Labute approximate surface area is 156 Å². The summed E-state index contributed by atoms with van der Waals surface area (Å²) in [6, 6.07) is 11.2. The number of carbonyl (C=O) groups is 1. The Morgan fingerprint density at radius 3 is 2.56 bits per heavy atom. The standard InChI is InChI=1S/C17H18N4O5S/c18-17(22)15-7-4-10-20(15)14-9-8-13(11-16(14)21(23)24)27(25,26)19-12-5-2-1-3-6-12/h1-3,5-6,8-9,11,15,19H,4,7,10H2,(H2,18,22)/t15-/m0/s1. The predicted octanol–water partition coefficient (Wildman–Crippen LogP) is 1.85. The quantitative estimate of drug-likeness (QED) is 0.571. The van der Waals surface area contributed by atoms with Gasteiger partial charge in [0.25, 0.3) is 15.7 Å². The lowest BCUT2D eigenvalue weighted by molar-refractivity contribution is -0.384. The van der Waals surface area contributed by atoms with Crippen LogP contribution in [0.2, 0.25) is 0 Å². The minimum Gasteiger partial charge on any atom is -0.368 e. The second kappa shape index (κ2) is 7.23. The van der Waals surface area contributed by atoms with Crippen molar-refractivity contribution >= 4 is 33.0 Å². The molecule has 1 fully saturated rings. The number of nitrogens with two attached hydrogens (primary N) is 1. The molecule has 27 heavy (non-hydrogen) atoms. The van der Waals surface area contributed by atoms with E-state index in [1.807, 2.05) is 0 Å². The summed E-state index contributed by atoms with van der Waals surface area (Å²) in [6.45, 7) is 0.433. The van der Waals surface area contributed by atoms with E-state index >= 15 is 0 Å². The smallest absolute Gasteiger partial charge is 0.293 e. The van der Waals surface area contributed by atoms with Gasteiger partial charge in [0.15, 0.2) is 0 Å². The zero-order valence-electron chi connectivity index (χ0n) is 14.2.